The first kappa shape index (κ1) is 15.3. The number of methoxy groups -OCH3 is 1. The Bertz CT molecular complexity index is 739. The number of hydrogen-bond acceptors (Lipinski definition) is 4. The van der Waals surface area contributed by atoms with Gasteiger partial charge in [0.25, 0.3) is 5.91 Å². The highest BCUT2D eigenvalue weighted by Gasteiger charge is 2.33. The molecule has 3 rings (SSSR count). The van der Waals surface area contributed by atoms with Gasteiger partial charge in [-0.05, 0) is 18.9 Å². The van der Waals surface area contributed by atoms with Gasteiger partial charge in [-0.3, -0.25) is 4.79 Å². The molecule has 0 saturated carbocycles. The minimum Gasteiger partial charge on any atom is -0.481 e. The van der Waals surface area contributed by atoms with Crippen molar-refractivity contribution in [1.82, 2.24) is 14.9 Å². The zero-order chi connectivity index (χ0) is 16.4. The van der Waals surface area contributed by atoms with Gasteiger partial charge < -0.3 is 9.64 Å². The van der Waals surface area contributed by atoms with Crippen LogP contribution >= 0.6 is 0 Å². The number of carbonyl (C=O) groups excluding carboxylic acids is 1. The minimum absolute atomic E-state index is 0.186. The quantitative estimate of drug-likeness (QED) is 0.873. The number of halogens is 2. The van der Waals surface area contributed by atoms with Crippen LogP contribution in [0.15, 0.2) is 30.6 Å². The summed E-state index contributed by atoms with van der Waals surface area (Å²) >= 11 is 0. The topological polar surface area (TPSA) is 55.3 Å². The number of likely N-dealkylation sites (tertiary alicyclic amines) is 1. The lowest BCUT2D eigenvalue weighted by molar-refractivity contribution is 0.0727. The number of nitrogens with zero attached hydrogens (tertiary/aromatic N) is 3. The van der Waals surface area contributed by atoms with E-state index in [9.17, 15) is 13.6 Å². The Morgan fingerprint density at radius 1 is 1.30 bits per heavy atom. The third-order valence-electron chi connectivity index (χ3n) is 3.91. The second-order valence-electron chi connectivity index (χ2n) is 5.27. The van der Waals surface area contributed by atoms with Gasteiger partial charge in [0, 0.05) is 24.2 Å². The number of benzene rings is 1. The van der Waals surface area contributed by atoms with Crippen molar-refractivity contribution in [2.45, 2.75) is 18.9 Å². The molecule has 23 heavy (non-hydrogen) atoms. The van der Waals surface area contributed by atoms with Crippen LogP contribution in [-0.2, 0) is 0 Å². The third-order valence-corrected chi connectivity index (χ3v) is 3.91. The van der Waals surface area contributed by atoms with E-state index in [1.807, 2.05) is 0 Å². The molecule has 5 nitrogen and oxygen atoms in total. The van der Waals surface area contributed by atoms with Gasteiger partial charge in [-0.1, -0.05) is 6.07 Å². The predicted octanol–water partition coefficient (Wildman–Crippen LogP) is 2.74. The smallest absolute Gasteiger partial charge is 0.273 e. The molecule has 0 N–H and O–H groups in total. The summed E-state index contributed by atoms with van der Waals surface area (Å²) in [6.45, 7) is 0.493. The summed E-state index contributed by atoms with van der Waals surface area (Å²) < 4.78 is 32.1. The highest BCUT2D eigenvalue weighted by atomic mass is 19.1. The molecule has 1 aliphatic heterocycles. The predicted molar refractivity (Wildman–Crippen MR) is 78.0 cm³/mol. The second kappa shape index (κ2) is 6.28. The van der Waals surface area contributed by atoms with E-state index in [0.717, 1.165) is 12.5 Å². The van der Waals surface area contributed by atoms with Crippen LogP contribution in [-0.4, -0.2) is 34.4 Å². The van der Waals surface area contributed by atoms with Crippen LogP contribution < -0.4 is 4.74 Å². The highest BCUT2D eigenvalue weighted by molar-refractivity contribution is 5.93. The van der Waals surface area contributed by atoms with Crippen molar-refractivity contribution < 1.29 is 18.3 Å². The SMILES string of the molecule is COc1cc(C(=O)N2CCCC2c2ccc(F)cc2F)ncn1. The Labute approximate surface area is 131 Å². The van der Waals surface area contributed by atoms with Gasteiger partial charge in [0.2, 0.25) is 5.88 Å². The van der Waals surface area contributed by atoms with Gasteiger partial charge >= 0.3 is 0 Å². The molecule has 0 spiro atoms. The molecule has 1 fully saturated rings. The molecular formula is C16H15F2N3O2. The first-order valence-electron chi connectivity index (χ1n) is 7.22. The van der Waals surface area contributed by atoms with Crippen molar-refractivity contribution >= 4 is 5.91 Å². The molecule has 1 saturated heterocycles. The van der Waals surface area contributed by atoms with Crippen LogP contribution in [0.3, 0.4) is 0 Å². The Morgan fingerprint density at radius 3 is 2.87 bits per heavy atom. The lowest BCUT2D eigenvalue weighted by Crippen LogP contribution is -2.31. The molecule has 0 bridgehead atoms. The molecule has 0 aliphatic carbocycles. The molecule has 0 radical (unpaired) electrons. The molecule has 1 unspecified atom stereocenters. The number of amides is 1. The van der Waals surface area contributed by atoms with Crippen molar-refractivity contribution in [2.24, 2.45) is 0 Å². The lowest BCUT2D eigenvalue weighted by atomic mass is 10.0. The van der Waals surface area contributed by atoms with E-state index in [0.29, 0.717) is 18.5 Å². The first-order valence-corrected chi connectivity index (χ1v) is 7.22. The minimum atomic E-state index is -0.644. The van der Waals surface area contributed by atoms with Crippen LogP contribution in [0, 0.1) is 11.6 Å². The second-order valence-corrected chi connectivity index (χ2v) is 5.27. The highest BCUT2D eigenvalue weighted by Crippen LogP contribution is 2.34. The number of hydrogen-bond donors (Lipinski definition) is 0. The largest absolute Gasteiger partial charge is 0.481 e. The van der Waals surface area contributed by atoms with Crippen molar-refractivity contribution in [3.63, 3.8) is 0 Å². The van der Waals surface area contributed by atoms with Crippen molar-refractivity contribution in [2.75, 3.05) is 13.7 Å². The zero-order valence-electron chi connectivity index (χ0n) is 12.5. The normalized spacial score (nSPS) is 17.3. The van der Waals surface area contributed by atoms with Gasteiger partial charge in [0.1, 0.15) is 23.7 Å². The van der Waals surface area contributed by atoms with Gasteiger partial charge in [0.05, 0.1) is 13.2 Å². The Kier molecular flexibility index (Phi) is 4.18. The van der Waals surface area contributed by atoms with Crippen LogP contribution in [0.2, 0.25) is 0 Å². The lowest BCUT2D eigenvalue weighted by Gasteiger charge is -2.25. The van der Waals surface area contributed by atoms with E-state index in [1.54, 1.807) is 4.90 Å². The van der Waals surface area contributed by atoms with E-state index >= 15 is 0 Å². The molecule has 1 atom stereocenters. The monoisotopic (exact) mass is 319 g/mol. The summed E-state index contributed by atoms with van der Waals surface area (Å²) in [6, 6.07) is 4.45. The fraction of sp³-hybridized carbons (Fsp3) is 0.312. The van der Waals surface area contributed by atoms with E-state index < -0.39 is 17.7 Å². The molecular weight excluding hydrogens is 304 g/mol. The van der Waals surface area contributed by atoms with Crippen LogP contribution in [0.4, 0.5) is 8.78 Å². The van der Waals surface area contributed by atoms with E-state index in [4.69, 9.17) is 4.74 Å². The maximum absolute atomic E-state index is 14.0. The van der Waals surface area contributed by atoms with Gasteiger partial charge in [-0.15, -0.1) is 0 Å². The third kappa shape index (κ3) is 2.99. The molecule has 1 amide bonds. The number of ether oxygens (including phenoxy) is 1. The Morgan fingerprint density at radius 2 is 2.13 bits per heavy atom. The average molecular weight is 319 g/mol. The van der Waals surface area contributed by atoms with Crippen molar-refractivity contribution in [1.29, 1.82) is 0 Å². The summed E-state index contributed by atoms with van der Waals surface area (Å²) in [5.74, 6) is -1.32. The molecule has 7 heteroatoms. The van der Waals surface area contributed by atoms with Crippen LogP contribution in [0.5, 0.6) is 5.88 Å². The first-order chi connectivity index (χ1) is 11.1. The summed E-state index contributed by atoms with van der Waals surface area (Å²) in [5.41, 5.74) is 0.504. The van der Waals surface area contributed by atoms with Gasteiger partial charge in [-0.2, -0.15) is 0 Å². The zero-order valence-corrected chi connectivity index (χ0v) is 12.5. The molecule has 2 aromatic rings. The summed E-state index contributed by atoms with van der Waals surface area (Å²) in [4.78, 5) is 22.0. The van der Waals surface area contributed by atoms with Gasteiger partial charge in [-0.25, -0.2) is 18.7 Å². The number of aromatic nitrogens is 2. The van der Waals surface area contributed by atoms with E-state index in [2.05, 4.69) is 9.97 Å². The average Bonchev–Trinajstić information content (AvgIpc) is 3.03. The Hall–Kier alpha value is -2.57. The Balaban J connectivity index is 1.90. The molecule has 1 aromatic heterocycles. The maximum atomic E-state index is 14.0. The summed E-state index contributed by atoms with van der Waals surface area (Å²) in [6.07, 6.45) is 2.61. The van der Waals surface area contributed by atoms with Crippen LogP contribution in [0.25, 0.3) is 0 Å². The van der Waals surface area contributed by atoms with E-state index in [-0.39, 0.29) is 17.5 Å². The number of carbonyl (C=O) groups is 1. The van der Waals surface area contributed by atoms with Gasteiger partial charge in [0.15, 0.2) is 0 Å². The molecule has 120 valence electrons. The molecule has 2 heterocycles. The summed E-state index contributed by atoms with van der Waals surface area (Å²) in [7, 11) is 1.45. The van der Waals surface area contributed by atoms with Crippen molar-refractivity contribution in [3.05, 3.63) is 53.5 Å². The molecule has 1 aromatic carbocycles. The van der Waals surface area contributed by atoms with Crippen molar-refractivity contribution in [3.8, 4) is 5.88 Å². The molecule has 1 aliphatic rings. The fourth-order valence-corrected chi connectivity index (χ4v) is 2.82. The summed E-state index contributed by atoms with van der Waals surface area (Å²) in [5, 5.41) is 0. The number of rotatable bonds is 3. The fourth-order valence-electron chi connectivity index (χ4n) is 2.82. The van der Waals surface area contributed by atoms with E-state index in [1.165, 1.54) is 31.6 Å². The standard InChI is InChI=1S/C16H15F2N3O2/c1-23-15-8-13(19-9-20-15)16(22)21-6-2-3-14(21)11-5-4-10(17)7-12(11)18/h4-5,7-9,14H,2-3,6H2,1H3. The maximum Gasteiger partial charge on any atom is 0.273 e. The van der Waals surface area contributed by atoms with Crippen LogP contribution in [0.1, 0.15) is 34.9 Å².